The van der Waals surface area contributed by atoms with Crippen molar-refractivity contribution in [2.75, 3.05) is 19.8 Å². The van der Waals surface area contributed by atoms with Gasteiger partial charge < -0.3 is 19.9 Å². The standard InChI is InChI=1S/C5H11NO3Si/c6-4-1-7-5(10,8-2-4)9-3-4/h1-3,6H2,10H3. The summed E-state index contributed by atoms with van der Waals surface area (Å²) in [7, 11) is 0.734. The van der Waals surface area contributed by atoms with Crippen LogP contribution in [-0.2, 0) is 14.2 Å². The van der Waals surface area contributed by atoms with E-state index in [4.69, 9.17) is 19.9 Å². The zero-order chi connectivity index (χ0) is 7.24. The number of hydrogen-bond acceptors (Lipinski definition) is 4. The zero-order valence-corrected chi connectivity index (χ0v) is 7.92. The Kier molecular flexibility index (Phi) is 1.22. The van der Waals surface area contributed by atoms with Gasteiger partial charge in [0.2, 0.25) is 5.60 Å². The number of fused-ring (bicyclic) bond motifs is 3. The van der Waals surface area contributed by atoms with E-state index in [-0.39, 0.29) is 5.54 Å². The largest absolute Gasteiger partial charge is 0.330 e. The summed E-state index contributed by atoms with van der Waals surface area (Å²) in [6.07, 6.45) is 0. The zero-order valence-electron chi connectivity index (χ0n) is 5.92. The molecule has 0 aromatic heterocycles. The Hall–Kier alpha value is 0.0569. The van der Waals surface area contributed by atoms with Crippen molar-refractivity contribution in [3.63, 3.8) is 0 Å². The van der Waals surface area contributed by atoms with Gasteiger partial charge in [-0.1, -0.05) is 0 Å². The Bertz CT molecular complexity index is 120. The molecule has 58 valence electrons. The van der Waals surface area contributed by atoms with E-state index in [2.05, 4.69) is 0 Å². The average molecular weight is 161 g/mol. The van der Waals surface area contributed by atoms with Crippen molar-refractivity contribution in [2.24, 2.45) is 5.73 Å². The SMILES string of the molecule is NC12COC([SiH3])(OC1)OC2. The van der Waals surface area contributed by atoms with Crippen LogP contribution in [0.5, 0.6) is 0 Å². The minimum Gasteiger partial charge on any atom is -0.330 e. The molecule has 5 heteroatoms. The average Bonchev–Trinajstić information content (AvgIpc) is 1.93. The van der Waals surface area contributed by atoms with E-state index in [0.717, 1.165) is 10.2 Å². The molecule has 10 heavy (non-hydrogen) atoms. The maximum atomic E-state index is 5.80. The number of rotatable bonds is 0. The molecule has 3 fully saturated rings. The Morgan fingerprint density at radius 2 is 1.50 bits per heavy atom. The summed E-state index contributed by atoms with van der Waals surface area (Å²) in [6, 6.07) is 0. The van der Waals surface area contributed by atoms with E-state index in [9.17, 15) is 0 Å². The van der Waals surface area contributed by atoms with Gasteiger partial charge in [-0.2, -0.15) is 0 Å². The van der Waals surface area contributed by atoms with Crippen molar-refractivity contribution in [3.05, 3.63) is 0 Å². The van der Waals surface area contributed by atoms with Crippen molar-refractivity contribution in [3.8, 4) is 0 Å². The third-order valence-electron chi connectivity index (χ3n) is 1.87. The summed E-state index contributed by atoms with van der Waals surface area (Å²) >= 11 is 0. The third kappa shape index (κ3) is 0.905. The fourth-order valence-electron chi connectivity index (χ4n) is 1.07. The molecule has 0 unspecified atom stereocenters. The summed E-state index contributed by atoms with van der Waals surface area (Å²) in [5.74, 6) is 0. The van der Waals surface area contributed by atoms with Gasteiger partial charge in [0.15, 0.2) is 0 Å². The van der Waals surface area contributed by atoms with E-state index in [0.29, 0.717) is 19.8 Å². The first kappa shape index (κ1) is 6.75. The van der Waals surface area contributed by atoms with Gasteiger partial charge in [0.1, 0.15) is 10.2 Å². The fourth-order valence-corrected chi connectivity index (χ4v) is 1.51. The first-order valence-corrected chi connectivity index (χ1v) is 4.33. The Labute approximate surface area is 62.0 Å². The summed E-state index contributed by atoms with van der Waals surface area (Å²) < 4.78 is 15.8. The molecule has 0 atom stereocenters. The lowest BCUT2D eigenvalue weighted by Crippen LogP contribution is -2.68. The first-order valence-electron chi connectivity index (χ1n) is 3.33. The Balaban J connectivity index is 2.16. The highest BCUT2D eigenvalue weighted by atomic mass is 28.1. The van der Waals surface area contributed by atoms with Crippen LogP contribution < -0.4 is 5.73 Å². The highest BCUT2D eigenvalue weighted by molar-refractivity contribution is 6.12. The molecule has 0 aromatic rings. The second kappa shape index (κ2) is 1.80. The van der Waals surface area contributed by atoms with Crippen LogP contribution in [0.2, 0.25) is 0 Å². The molecule has 3 aliphatic heterocycles. The second-order valence-electron chi connectivity index (χ2n) is 3.09. The van der Waals surface area contributed by atoms with Crippen molar-refractivity contribution >= 4 is 10.2 Å². The summed E-state index contributed by atoms with van der Waals surface area (Å²) in [6.45, 7) is 1.70. The van der Waals surface area contributed by atoms with Crippen LogP contribution in [0.3, 0.4) is 0 Å². The summed E-state index contributed by atoms with van der Waals surface area (Å²) in [4.78, 5) is 0. The maximum Gasteiger partial charge on any atom is 0.245 e. The topological polar surface area (TPSA) is 53.7 Å². The molecule has 3 saturated heterocycles. The molecule has 0 radical (unpaired) electrons. The molecule has 3 aliphatic rings. The van der Waals surface area contributed by atoms with E-state index in [1.165, 1.54) is 0 Å². The molecular formula is C5H11NO3Si. The van der Waals surface area contributed by atoms with Gasteiger partial charge in [0, 0.05) is 0 Å². The van der Waals surface area contributed by atoms with Crippen molar-refractivity contribution in [1.29, 1.82) is 0 Å². The number of nitrogens with two attached hydrogens (primary N) is 1. The van der Waals surface area contributed by atoms with Gasteiger partial charge in [0.25, 0.3) is 0 Å². The van der Waals surface area contributed by atoms with Crippen LogP contribution in [0.25, 0.3) is 0 Å². The van der Waals surface area contributed by atoms with E-state index in [1.807, 2.05) is 0 Å². The van der Waals surface area contributed by atoms with Crippen molar-refractivity contribution < 1.29 is 14.2 Å². The molecule has 0 saturated carbocycles. The van der Waals surface area contributed by atoms with E-state index in [1.54, 1.807) is 0 Å². The quantitative estimate of drug-likeness (QED) is 0.407. The predicted octanol–water partition coefficient (Wildman–Crippen LogP) is -2.26. The van der Waals surface area contributed by atoms with Crippen molar-refractivity contribution in [2.45, 2.75) is 11.1 Å². The molecule has 0 aliphatic carbocycles. The van der Waals surface area contributed by atoms with Crippen LogP contribution in [-0.4, -0.2) is 41.2 Å². The molecule has 2 N–H and O–H groups in total. The lowest BCUT2D eigenvalue weighted by atomic mass is 10.0. The molecule has 0 amide bonds. The smallest absolute Gasteiger partial charge is 0.245 e. The van der Waals surface area contributed by atoms with Crippen molar-refractivity contribution in [1.82, 2.24) is 0 Å². The highest BCUT2D eigenvalue weighted by Gasteiger charge is 2.47. The van der Waals surface area contributed by atoms with Crippen LogP contribution in [0.1, 0.15) is 0 Å². The minimum absolute atomic E-state index is 0.383. The number of ether oxygens (including phenoxy) is 3. The van der Waals surface area contributed by atoms with Gasteiger partial charge in [0.05, 0.1) is 25.4 Å². The molecule has 4 nitrogen and oxygen atoms in total. The number of hydrogen-bond donors (Lipinski definition) is 1. The summed E-state index contributed by atoms with van der Waals surface area (Å²) in [5, 5.41) is 0. The minimum atomic E-state index is -0.679. The lowest BCUT2D eigenvalue weighted by Gasteiger charge is -2.48. The first-order chi connectivity index (χ1) is 4.62. The van der Waals surface area contributed by atoms with Gasteiger partial charge >= 0.3 is 0 Å². The van der Waals surface area contributed by atoms with Crippen LogP contribution in [0.15, 0.2) is 0 Å². The Morgan fingerprint density at radius 3 is 1.80 bits per heavy atom. The summed E-state index contributed by atoms with van der Waals surface area (Å²) in [5.41, 5.74) is 4.73. The molecular weight excluding hydrogens is 150 g/mol. The molecule has 0 aromatic carbocycles. The van der Waals surface area contributed by atoms with Crippen LogP contribution in [0.4, 0.5) is 0 Å². The van der Waals surface area contributed by atoms with E-state index >= 15 is 0 Å². The molecule has 2 bridgehead atoms. The normalized spacial score (nSPS) is 53.7. The lowest BCUT2D eigenvalue weighted by molar-refractivity contribution is -0.405. The van der Waals surface area contributed by atoms with Gasteiger partial charge in [-0.25, -0.2) is 0 Å². The molecule has 0 spiro atoms. The molecule has 3 heterocycles. The monoisotopic (exact) mass is 161 g/mol. The van der Waals surface area contributed by atoms with E-state index < -0.39 is 5.60 Å². The van der Waals surface area contributed by atoms with Gasteiger partial charge in [-0.15, -0.1) is 0 Å². The van der Waals surface area contributed by atoms with Gasteiger partial charge in [-0.3, -0.25) is 0 Å². The van der Waals surface area contributed by atoms with Crippen LogP contribution >= 0.6 is 0 Å². The third-order valence-corrected chi connectivity index (χ3v) is 2.73. The van der Waals surface area contributed by atoms with Gasteiger partial charge in [-0.05, 0) is 0 Å². The highest BCUT2D eigenvalue weighted by Crippen LogP contribution is 2.28. The van der Waals surface area contributed by atoms with Crippen LogP contribution in [0, 0.1) is 0 Å². The maximum absolute atomic E-state index is 5.80. The fraction of sp³-hybridized carbons (Fsp3) is 1.00. The molecule has 3 rings (SSSR count). The predicted molar refractivity (Wildman–Crippen MR) is 37.4 cm³/mol. The second-order valence-corrected chi connectivity index (χ2v) is 4.32. The Morgan fingerprint density at radius 1 is 1.10 bits per heavy atom.